The van der Waals surface area contributed by atoms with Crippen LogP contribution in [-0.2, 0) is 19.0 Å². The molecule has 0 saturated carbocycles. The van der Waals surface area contributed by atoms with Crippen molar-refractivity contribution in [1.29, 1.82) is 0 Å². The number of para-hydroxylation sites is 1. The minimum atomic E-state index is -4.27. The van der Waals surface area contributed by atoms with Crippen LogP contribution in [0, 0.1) is 5.92 Å². The Kier molecular flexibility index (Phi) is 3.62. The van der Waals surface area contributed by atoms with Crippen LogP contribution in [0.15, 0.2) is 48.5 Å². The van der Waals surface area contributed by atoms with Crippen LogP contribution in [0.5, 0.6) is 0 Å². The van der Waals surface area contributed by atoms with Gasteiger partial charge in [-0.15, -0.1) is 0 Å². The summed E-state index contributed by atoms with van der Waals surface area (Å²) in [6.07, 6.45) is -2.71. The summed E-state index contributed by atoms with van der Waals surface area (Å²) >= 11 is 0. The maximum absolute atomic E-state index is 12.7. The SMILES string of the molecule is FC(F)(F)c1cccc(CC2CNc3ccccc3C2)c1. The molecule has 3 rings (SSSR count). The van der Waals surface area contributed by atoms with Gasteiger partial charge < -0.3 is 5.32 Å². The summed E-state index contributed by atoms with van der Waals surface area (Å²) in [6.45, 7) is 0.799. The standard InChI is InChI=1S/C17H16F3N/c18-17(19,20)15-6-3-4-12(10-15)8-13-9-14-5-1-2-7-16(14)21-11-13/h1-7,10,13,21H,8-9,11H2. The number of fused-ring (bicyclic) bond motifs is 1. The first-order valence-electron chi connectivity index (χ1n) is 7.00. The molecule has 0 saturated heterocycles. The van der Waals surface area contributed by atoms with E-state index in [2.05, 4.69) is 11.4 Å². The molecule has 1 aliphatic rings. The van der Waals surface area contributed by atoms with E-state index in [0.717, 1.165) is 30.3 Å². The Balaban J connectivity index is 1.74. The molecular weight excluding hydrogens is 275 g/mol. The summed E-state index contributed by atoms with van der Waals surface area (Å²) < 4.78 is 38.2. The summed E-state index contributed by atoms with van der Waals surface area (Å²) in [5.41, 5.74) is 2.55. The average molecular weight is 291 g/mol. The molecule has 2 aromatic rings. The minimum Gasteiger partial charge on any atom is -0.385 e. The molecule has 0 bridgehead atoms. The van der Waals surface area contributed by atoms with Gasteiger partial charge in [0.15, 0.2) is 0 Å². The molecule has 1 heterocycles. The summed E-state index contributed by atoms with van der Waals surface area (Å²) in [7, 11) is 0. The van der Waals surface area contributed by atoms with Crippen molar-refractivity contribution in [2.24, 2.45) is 5.92 Å². The molecule has 1 atom stereocenters. The summed E-state index contributed by atoms with van der Waals surface area (Å²) in [5.74, 6) is 0.323. The summed E-state index contributed by atoms with van der Waals surface area (Å²) in [4.78, 5) is 0. The fourth-order valence-electron chi connectivity index (χ4n) is 2.86. The maximum Gasteiger partial charge on any atom is 0.416 e. The molecule has 0 spiro atoms. The molecule has 0 aliphatic carbocycles. The Morgan fingerprint density at radius 3 is 2.67 bits per heavy atom. The highest BCUT2D eigenvalue weighted by atomic mass is 19.4. The van der Waals surface area contributed by atoms with E-state index in [1.165, 1.54) is 17.7 Å². The molecule has 4 heteroatoms. The average Bonchev–Trinajstić information content (AvgIpc) is 2.46. The second-order valence-corrected chi connectivity index (χ2v) is 5.51. The molecule has 0 aromatic heterocycles. The number of halogens is 3. The molecule has 1 aliphatic heterocycles. The molecule has 1 nitrogen and oxygen atoms in total. The topological polar surface area (TPSA) is 12.0 Å². The minimum absolute atomic E-state index is 0.323. The molecule has 1 N–H and O–H groups in total. The van der Waals surface area contributed by atoms with E-state index in [-0.39, 0.29) is 0 Å². The van der Waals surface area contributed by atoms with Crippen LogP contribution in [0.2, 0.25) is 0 Å². The third kappa shape index (κ3) is 3.20. The van der Waals surface area contributed by atoms with Gasteiger partial charge in [-0.1, -0.05) is 36.4 Å². The third-order valence-corrected chi connectivity index (χ3v) is 3.89. The number of rotatable bonds is 2. The van der Waals surface area contributed by atoms with E-state index < -0.39 is 11.7 Å². The highest BCUT2D eigenvalue weighted by Crippen LogP contribution is 2.31. The highest BCUT2D eigenvalue weighted by Gasteiger charge is 2.30. The fraction of sp³-hybridized carbons (Fsp3) is 0.294. The van der Waals surface area contributed by atoms with Gasteiger partial charge in [0.2, 0.25) is 0 Å². The van der Waals surface area contributed by atoms with Gasteiger partial charge in [0.05, 0.1) is 5.56 Å². The zero-order valence-electron chi connectivity index (χ0n) is 11.5. The molecule has 110 valence electrons. The molecule has 21 heavy (non-hydrogen) atoms. The second-order valence-electron chi connectivity index (χ2n) is 5.51. The Labute approximate surface area is 121 Å². The Morgan fingerprint density at radius 2 is 1.86 bits per heavy atom. The van der Waals surface area contributed by atoms with Crippen LogP contribution >= 0.6 is 0 Å². The van der Waals surface area contributed by atoms with Crippen LogP contribution in [0.1, 0.15) is 16.7 Å². The van der Waals surface area contributed by atoms with Crippen molar-refractivity contribution >= 4 is 5.69 Å². The Bertz CT molecular complexity index is 634. The van der Waals surface area contributed by atoms with E-state index >= 15 is 0 Å². The lowest BCUT2D eigenvalue weighted by atomic mass is 9.88. The summed E-state index contributed by atoms with van der Waals surface area (Å²) in [5, 5.41) is 3.36. The van der Waals surface area contributed by atoms with Gasteiger partial charge in [0, 0.05) is 12.2 Å². The lowest BCUT2D eigenvalue weighted by Crippen LogP contribution is -2.24. The smallest absolute Gasteiger partial charge is 0.385 e. The van der Waals surface area contributed by atoms with Crippen molar-refractivity contribution < 1.29 is 13.2 Å². The van der Waals surface area contributed by atoms with Crippen molar-refractivity contribution in [3.63, 3.8) is 0 Å². The van der Waals surface area contributed by atoms with Crippen molar-refractivity contribution in [3.05, 3.63) is 65.2 Å². The van der Waals surface area contributed by atoms with Gasteiger partial charge in [-0.3, -0.25) is 0 Å². The van der Waals surface area contributed by atoms with Gasteiger partial charge in [0.1, 0.15) is 0 Å². The van der Waals surface area contributed by atoms with Gasteiger partial charge in [-0.25, -0.2) is 0 Å². The normalized spacial score (nSPS) is 18.0. The lowest BCUT2D eigenvalue weighted by molar-refractivity contribution is -0.137. The van der Waals surface area contributed by atoms with E-state index in [0.29, 0.717) is 12.3 Å². The van der Waals surface area contributed by atoms with Gasteiger partial charge in [-0.05, 0) is 42.0 Å². The zero-order valence-corrected chi connectivity index (χ0v) is 11.5. The number of benzene rings is 2. The van der Waals surface area contributed by atoms with Crippen LogP contribution in [0.4, 0.5) is 18.9 Å². The first kappa shape index (κ1) is 14.0. The first-order valence-corrected chi connectivity index (χ1v) is 7.00. The van der Waals surface area contributed by atoms with Gasteiger partial charge in [-0.2, -0.15) is 13.2 Å². The largest absolute Gasteiger partial charge is 0.416 e. The zero-order chi connectivity index (χ0) is 14.9. The van der Waals surface area contributed by atoms with E-state index in [4.69, 9.17) is 0 Å². The second kappa shape index (κ2) is 5.43. The number of hydrogen-bond donors (Lipinski definition) is 1. The van der Waals surface area contributed by atoms with Crippen LogP contribution in [0.3, 0.4) is 0 Å². The number of hydrogen-bond acceptors (Lipinski definition) is 1. The van der Waals surface area contributed by atoms with Gasteiger partial charge >= 0.3 is 6.18 Å². The quantitative estimate of drug-likeness (QED) is 0.857. The molecule has 0 radical (unpaired) electrons. The van der Waals surface area contributed by atoms with Crippen molar-refractivity contribution in [3.8, 4) is 0 Å². The predicted octanol–water partition coefficient (Wildman–Crippen LogP) is 4.53. The number of anilines is 1. The lowest BCUT2D eigenvalue weighted by Gasteiger charge is -2.26. The molecule has 0 fully saturated rings. The van der Waals surface area contributed by atoms with Crippen molar-refractivity contribution in [2.75, 3.05) is 11.9 Å². The Hall–Kier alpha value is -1.97. The van der Waals surface area contributed by atoms with Crippen molar-refractivity contribution in [2.45, 2.75) is 19.0 Å². The first-order chi connectivity index (χ1) is 10.0. The Morgan fingerprint density at radius 1 is 1.05 bits per heavy atom. The van der Waals surface area contributed by atoms with Crippen LogP contribution < -0.4 is 5.32 Å². The number of alkyl halides is 3. The van der Waals surface area contributed by atoms with Crippen LogP contribution in [0.25, 0.3) is 0 Å². The number of nitrogens with one attached hydrogen (secondary N) is 1. The van der Waals surface area contributed by atoms with Crippen LogP contribution in [-0.4, -0.2) is 6.54 Å². The molecule has 1 unspecified atom stereocenters. The highest BCUT2D eigenvalue weighted by molar-refractivity contribution is 5.53. The molecular formula is C17H16F3N. The van der Waals surface area contributed by atoms with Gasteiger partial charge in [0.25, 0.3) is 0 Å². The molecule has 2 aromatic carbocycles. The molecule has 0 amide bonds. The third-order valence-electron chi connectivity index (χ3n) is 3.89. The predicted molar refractivity (Wildman–Crippen MR) is 77.3 cm³/mol. The fourth-order valence-corrected chi connectivity index (χ4v) is 2.86. The monoisotopic (exact) mass is 291 g/mol. The van der Waals surface area contributed by atoms with Crippen molar-refractivity contribution in [1.82, 2.24) is 0 Å². The van der Waals surface area contributed by atoms with E-state index in [1.807, 2.05) is 18.2 Å². The van der Waals surface area contributed by atoms with E-state index in [9.17, 15) is 13.2 Å². The maximum atomic E-state index is 12.7. The van der Waals surface area contributed by atoms with E-state index in [1.54, 1.807) is 6.07 Å². The summed E-state index contributed by atoms with van der Waals surface area (Å²) in [6, 6.07) is 13.7.